The highest BCUT2D eigenvalue weighted by Crippen LogP contribution is 2.43. The van der Waals surface area contributed by atoms with E-state index in [1.54, 1.807) is 29.3 Å². The molecule has 1 fully saturated rings. The molecule has 1 saturated heterocycles. The second-order valence-electron chi connectivity index (χ2n) is 7.89. The number of piperidine rings is 1. The number of carbonyl (C=O) groups excluding carboxylic acids is 1. The number of amides is 1. The standard InChI is InChI=1S/C24H21Cl3FN3O/c1-14-23(30-21-11-17(25)4-7-20(21)26)19(12-29-24(14)27)22-10-16(8-9-31(22)13-32)15-2-5-18(28)6-3-15/h2-7,11-13,16,22H,8-10H2,1H3,(H,29,30). The lowest BCUT2D eigenvalue weighted by Crippen LogP contribution is -2.35. The summed E-state index contributed by atoms with van der Waals surface area (Å²) in [5.74, 6) is -0.0894. The summed E-state index contributed by atoms with van der Waals surface area (Å²) in [4.78, 5) is 18.0. The molecule has 0 saturated carbocycles. The number of nitrogens with zero attached hydrogens (tertiary/aromatic N) is 2. The van der Waals surface area contributed by atoms with E-state index in [9.17, 15) is 9.18 Å². The van der Waals surface area contributed by atoms with Crippen molar-refractivity contribution in [3.63, 3.8) is 0 Å². The van der Waals surface area contributed by atoms with E-state index in [2.05, 4.69) is 10.3 Å². The number of carbonyl (C=O) groups is 1. The van der Waals surface area contributed by atoms with Gasteiger partial charge < -0.3 is 10.2 Å². The molecule has 1 amide bonds. The maximum atomic E-state index is 13.4. The third kappa shape index (κ3) is 4.70. The first-order valence-electron chi connectivity index (χ1n) is 10.2. The smallest absolute Gasteiger partial charge is 0.210 e. The summed E-state index contributed by atoms with van der Waals surface area (Å²) >= 11 is 18.9. The third-order valence-electron chi connectivity index (χ3n) is 5.96. The number of likely N-dealkylation sites (tertiary alicyclic amines) is 1. The van der Waals surface area contributed by atoms with Gasteiger partial charge >= 0.3 is 0 Å². The van der Waals surface area contributed by atoms with Crippen LogP contribution >= 0.6 is 34.8 Å². The number of nitrogens with one attached hydrogen (secondary N) is 1. The molecule has 1 N–H and O–H groups in total. The van der Waals surface area contributed by atoms with Gasteiger partial charge in [0.25, 0.3) is 0 Å². The molecule has 0 spiro atoms. The first-order valence-corrected chi connectivity index (χ1v) is 11.3. The summed E-state index contributed by atoms with van der Waals surface area (Å²) in [6, 6.07) is 11.5. The molecule has 3 aromatic rings. The van der Waals surface area contributed by atoms with Crippen LogP contribution in [0, 0.1) is 12.7 Å². The van der Waals surface area contributed by atoms with Gasteiger partial charge in [0.15, 0.2) is 0 Å². The van der Waals surface area contributed by atoms with Crippen LogP contribution < -0.4 is 5.32 Å². The molecule has 4 nitrogen and oxygen atoms in total. The molecule has 0 aliphatic carbocycles. The molecule has 2 atom stereocenters. The maximum Gasteiger partial charge on any atom is 0.210 e. The van der Waals surface area contributed by atoms with Crippen molar-refractivity contribution >= 4 is 52.6 Å². The SMILES string of the molecule is Cc1c(Cl)ncc(C2CC(c3ccc(F)cc3)CCN2C=O)c1Nc1cc(Cl)ccc1Cl. The number of rotatable bonds is 5. The molecule has 32 heavy (non-hydrogen) atoms. The molecule has 166 valence electrons. The van der Waals surface area contributed by atoms with Gasteiger partial charge in [0.05, 0.1) is 22.4 Å². The molecule has 2 unspecified atom stereocenters. The zero-order valence-corrected chi connectivity index (χ0v) is 19.6. The fourth-order valence-electron chi connectivity index (χ4n) is 4.21. The van der Waals surface area contributed by atoms with Crippen LogP contribution in [0.25, 0.3) is 0 Å². The predicted octanol–water partition coefficient (Wildman–Crippen LogP) is 7.31. The van der Waals surface area contributed by atoms with Gasteiger partial charge in [-0.25, -0.2) is 9.37 Å². The number of halogens is 4. The zero-order valence-electron chi connectivity index (χ0n) is 17.3. The summed E-state index contributed by atoms with van der Waals surface area (Å²) in [7, 11) is 0. The minimum absolute atomic E-state index is 0.176. The number of hydrogen-bond acceptors (Lipinski definition) is 3. The largest absolute Gasteiger partial charge is 0.354 e. The van der Waals surface area contributed by atoms with Crippen molar-refractivity contribution < 1.29 is 9.18 Å². The van der Waals surface area contributed by atoms with Crippen LogP contribution in [0.15, 0.2) is 48.7 Å². The molecule has 0 radical (unpaired) electrons. The van der Waals surface area contributed by atoms with E-state index in [0.717, 1.165) is 35.2 Å². The monoisotopic (exact) mass is 491 g/mol. The average molecular weight is 493 g/mol. The Morgan fingerprint density at radius 2 is 1.91 bits per heavy atom. The van der Waals surface area contributed by atoms with E-state index in [-0.39, 0.29) is 17.8 Å². The van der Waals surface area contributed by atoms with Crippen molar-refractivity contribution in [1.82, 2.24) is 9.88 Å². The van der Waals surface area contributed by atoms with E-state index in [1.807, 2.05) is 19.1 Å². The summed E-state index contributed by atoms with van der Waals surface area (Å²) in [5, 5.41) is 4.77. The molecule has 2 aromatic carbocycles. The van der Waals surface area contributed by atoms with Gasteiger partial charge in [-0.1, -0.05) is 46.9 Å². The Hall–Kier alpha value is -2.34. The Morgan fingerprint density at radius 3 is 2.62 bits per heavy atom. The predicted molar refractivity (Wildman–Crippen MR) is 128 cm³/mol. The van der Waals surface area contributed by atoms with Crippen LogP contribution in [0.4, 0.5) is 15.8 Å². The fraction of sp³-hybridized carbons (Fsp3) is 0.250. The molecule has 1 aromatic heterocycles. The van der Waals surface area contributed by atoms with Crippen LogP contribution in [0.1, 0.15) is 41.5 Å². The van der Waals surface area contributed by atoms with Crippen molar-refractivity contribution in [2.45, 2.75) is 31.7 Å². The van der Waals surface area contributed by atoms with Crippen LogP contribution in [0.2, 0.25) is 15.2 Å². The lowest BCUT2D eigenvalue weighted by molar-refractivity contribution is -0.121. The fourth-order valence-corrected chi connectivity index (χ4v) is 4.69. The second kappa shape index (κ2) is 9.65. The van der Waals surface area contributed by atoms with Gasteiger partial charge in [0.1, 0.15) is 11.0 Å². The van der Waals surface area contributed by atoms with E-state index < -0.39 is 0 Å². The number of hydrogen-bond donors (Lipinski definition) is 1. The molecule has 8 heteroatoms. The topological polar surface area (TPSA) is 45.2 Å². The summed E-state index contributed by atoms with van der Waals surface area (Å²) in [6.45, 7) is 2.44. The molecule has 1 aliphatic heterocycles. The van der Waals surface area contributed by atoms with E-state index >= 15 is 0 Å². The van der Waals surface area contributed by atoms with Gasteiger partial charge in [0, 0.05) is 28.9 Å². The van der Waals surface area contributed by atoms with Crippen molar-refractivity contribution in [3.8, 4) is 0 Å². The molecular formula is C24H21Cl3FN3O. The highest BCUT2D eigenvalue weighted by atomic mass is 35.5. The van der Waals surface area contributed by atoms with Gasteiger partial charge in [-0.2, -0.15) is 0 Å². The first kappa shape index (κ1) is 22.8. The van der Waals surface area contributed by atoms with Crippen LogP contribution in [0.5, 0.6) is 0 Å². The van der Waals surface area contributed by atoms with E-state index in [4.69, 9.17) is 34.8 Å². The van der Waals surface area contributed by atoms with Crippen molar-refractivity contribution in [2.75, 3.05) is 11.9 Å². The van der Waals surface area contributed by atoms with Gasteiger partial charge in [-0.15, -0.1) is 0 Å². The van der Waals surface area contributed by atoms with Crippen molar-refractivity contribution in [3.05, 3.63) is 86.4 Å². The summed E-state index contributed by atoms with van der Waals surface area (Å²) in [6.07, 6.45) is 4.03. The van der Waals surface area contributed by atoms with Gasteiger partial charge in [0.2, 0.25) is 6.41 Å². The lowest BCUT2D eigenvalue weighted by Gasteiger charge is -2.38. The third-order valence-corrected chi connectivity index (χ3v) is 6.90. The van der Waals surface area contributed by atoms with Gasteiger partial charge in [-0.3, -0.25) is 4.79 Å². The van der Waals surface area contributed by atoms with Crippen LogP contribution in [-0.2, 0) is 4.79 Å². The molecule has 2 heterocycles. The Kier molecular flexibility index (Phi) is 6.89. The minimum Gasteiger partial charge on any atom is -0.354 e. The second-order valence-corrected chi connectivity index (χ2v) is 9.09. The number of benzene rings is 2. The Balaban J connectivity index is 1.74. The Morgan fingerprint density at radius 1 is 1.16 bits per heavy atom. The highest BCUT2D eigenvalue weighted by molar-refractivity contribution is 6.35. The lowest BCUT2D eigenvalue weighted by atomic mass is 9.82. The molecular weight excluding hydrogens is 472 g/mol. The van der Waals surface area contributed by atoms with Gasteiger partial charge in [-0.05, 0) is 61.6 Å². The van der Waals surface area contributed by atoms with E-state index in [0.29, 0.717) is 33.9 Å². The van der Waals surface area contributed by atoms with Crippen LogP contribution in [0.3, 0.4) is 0 Å². The Bertz CT molecular complexity index is 1140. The quantitative estimate of drug-likeness (QED) is 0.300. The van der Waals surface area contributed by atoms with Crippen LogP contribution in [-0.4, -0.2) is 22.8 Å². The van der Waals surface area contributed by atoms with Crippen molar-refractivity contribution in [2.24, 2.45) is 0 Å². The van der Waals surface area contributed by atoms with E-state index in [1.165, 1.54) is 12.1 Å². The Labute approximate surface area is 201 Å². The first-order chi connectivity index (χ1) is 15.4. The molecule has 0 bridgehead atoms. The summed E-state index contributed by atoms with van der Waals surface area (Å²) < 4.78 is 13.4. The average Bonchev–Trinajstić information content (AvgIpc) is 2.79. The maximum absolute atomic E-state index is 13.4. The highest BCUT2D eigenvalue weighted by Gasteiger charge is 2.32. The number of pyridine rings is 1. The van der Waals surface area contributed by atoms with Crippen molar-refractivity contribution in [1.29, 1.82) is 0 Å². The zero-order chi connectivity index (χ0) is 22.8. The molecule has 4 rings (SSSR count). The minimum atomic E-state index is -0.266. The normalized spacial score (nSPS) is 18.5. The number of aromatic nitrogens is 1. The number of anilines is 2. The molecule has 1 aliphatic rings. The summed E-state index contributed by atoms with van der Waals surface area (Å²) in [5.41, 5.74) is 4.00.